The number of carboxylic acids is 2. The van der Waals surface area contributed by atoms with Crippen LogP contribution in [0, 0.1) is 17.3 Å². The predicted octanol–water partition coefficient (Wildman–Crippen LogP) is 5.81. The monoisotopic (exact) mass is 1460 g/mol. The molecule has 2 aromatic carbocycles. The SMILES string of the molecule is CC[C@]1(O)C[C@H]2CN(CCc3c([nH]c4ccccc34)[C@@](C)(c3cc4c(cc3OC)N(C)[C@H]3[C@@](O)(C(=O)CNC(=O)OCCSSC[C@@H](CC(=O)[C@H](NC(=O)CCCCCCCCOC5C[C@@H](O)C(O)C(C(=O)O)O5)NC(=O)CCCCC(C)=O)C(=O)O)[C@H](O)[C@]5(CC)C=CCN6CC[C@]43[C@@H]65)C2)C1. The molecule has 7 aliphatic rings. The van der Waals surface area contributed by atoms with Gasteiger partial charge in [0.25, 0.3) is 0 Å². The molecule has 2 bridgehead atoms. The van der Waals surface area contributed by atoms with Gasteiger partial charge < -0.3 is 85.3 Å². The molecule has 1 aliphatic carbocycles. The molecule has 3 aromatic rings. The van der Waals surface area contributed by atoms with Crippen molar-refractivity contribution in [1.29, 1.82) is 0 Å². The van der Waals surface area contributed by atoms with Crippen LogP contribution in [0.3, 0.4) is 0 Å². The van der Waals surface area contributed by atoms with Gasteiger partial charge in [-0.1, -0.05) is 91.5 Å². The summed E-state index contributed by atoms with van der Waals surface area (Å²) in [5, 5.41) is 87.0. The van der Waals surface area contributed by atoms with E-state index in [1.165, 1.54) is 23.3 Å². The topological polar surface area (TPSA) is 377 Å². The Hall–Kier alpha value is -6.18. The first-order valence-electron chi connectivity index (χ1n) is 36.4. The fourth-order valence-corrected chi connectivity index (χ4v) is 20.2. The van der Waals surface area contributed by atoms with Crippen LogP contribution < -0.4 is 25.6 Å². The van der Waals surface area contributed by atoms with Crippen LogP contribution in [0.2, 0.25) is 0 Å². The molecule has 1 spiro atoms. The maximum absolute atomic E-state index is 15.3. The van der Waals surface area contributed by atoms with Gasteiger partial charge in [-0.05, 0) is 114 Å². The Labute approximate surface area is 603 Å². The van der Waals surface area contributed by atoms with Crippen LogP contribution in [0.15, 0.2) is 48.6 Å². The van der Waals surface area contributed by atoms with Gasteiger partial charge in [-0.3, -0.25) is 33.8 Å². The van der Waals surface area contributed by atoms with Crippen molar-refractivity contribution in [3.05, 3.63) is 70.9 Å². The average Bonchev–Trinajstić information content (AvgIpc) is 1.46. The number of carbonyl (C=O) groups is 8. The number of aromatic amines is 1. The maximum atomic E-state index is 15.3. The predicted molar refractivity (Wildman–Crippen MR) is 383 cm³/mol. The van der Waals surface area contributed by atoms with E-state index in [2.05, 4.69) is 68.8 Å². The van der Waals surface area contributed by atoms with Crippen molar-refractivity contribution < 1.29 is 93.0 Å². The molecule has 0 radical (unpaired) electrons. The van der Waals surface area contributed by atoms with Gasteiger partial charge >= 0.3 is 18.0 Å². The number of methoxy groups -OCH3 is 1. The number of carboxylic acid groups (broad SMARTS) is 2. The molecule has 3 amide bonds. The number of ether oxygens (including phenoxy) is 4. The van der Waals surface area contributed by atoms with Gasteiger partial charge in [0, 0.05) is 140 Å². The second kappa shape index (κ2) is 33.5. The van der Waals surface area contributed by atoms with Crippen molar-refractivity contribution in [2.75, 3.05) is 83.0 Å². The number of hydrogen-bond acceptors (Lipinski definition) is 22. The van der Waals surface area contributed by atoms with E-state index in [0.29, 0.717) is 89.6 Å². The highest BCUT2D eigenvalue weighted by Gasteiger charge is 2.78. The first kappa shape index (κ1) is 78.4. The average molecular weight is 1460 g/mol. The number of hydrogen-bond donors (Lipinski definition) is 11. The number of nitrogens with one attached hydrogen (secondary N) is 4. The number of benzene rings is 2. The van der Waals surface area contributed by atoms with Crippen LogP contribution >= 0.6 is 21.6 Å². The van der Waals surface area contributed by atoms with Gasteiger partial charge in [0.05, 0.1) is 37.3 Å². The van der Waals surface area contributed by atoms with Crippen LogP contribution in [0.1, 0.15) is 166 Å². The van der Waals surface area contributed by atoms with Gasteiger partial charge in [0.1, 0.15) is 30.3 Å². The molecule has 4 fully saturated rings. The Morgan fingerprint density at radius 1 is 0.843 bits per heavy atom. The lowest BCUT2D eigenvalue weighted by molar-refractivity contribution is -0.252. The molecule has 4 unspecified atom stereocenters. The number of anilines is 1. The number of rotatable bonds is 35. The van der Waals surface area contributed by atoms with Gasteiger partial charge in [-0.15, -0.1) is 0 Å². The third-order valence-corrected chi connectivity index (χ3v) is 25.4. The third kappa shape index (κ3) is 16.3. The molecule has 6 aliphatic heterocycles. The number of likely N-dealkylation sites (N-methyl/N-ethyl adjacent to an activating group) is 1. The fourth-order valence-electron chi connectivity index (χ4n) is 18.0. The fraction of sp³-hybridized carbons (Fsp3) is 0.676. The van der Waals surface area contributed by atoms with Gasteiger partial charge in [0.15, 0.2) is 35.7 Å². The highest BCUT2D eigenvalue weighted by molar-refractivity contribution is 8.76. The highest BCUT2D eigenvalue weighted by atomic mass is 33.1. The van der Waals surface area contributed by atoms with Crippen molar-refractivity contribution in [2.45, 2.75) is 221 Å². The number of unbranched alkanes of at least 4 members (excludes halogenated alkanes) is 6. The Morgan fingerprint density at radius 2 is 1.55 bits per heavy atom. The first-order valence-corrected chi connectivity index (χ1v) is 38.9. The summed E-state index contributed by atoms with van der Waals surface area (Å²) in [6, 6.07) is 11.4. The number of fused-ring (bicyclic) bond motifs is 6. The van der Waals surface area contributed by atoms with Crippen molar-refractivity contribution in [3.8, 4) is 5.75 Å². The van der Waals surface area contributed by atoms with Gasteiger partial charge in [0.2, 0.25) is 11.8 Å². The normalized spacial score (nSPS) is 30.7. The molecule has 7 heterocycles. The number of H-pyrrole nitrogens is 1. The molecule has 102 heavy (non-hydrogen) atoms. The molecule has 11 N–H and O–H groups in total. The maximum Gasteiger partial charge on any atom is 0.407 e. The molecular weight excluding hydrogens is 1350 g/mol. The van der Waals surface area contributed by atoms with E-state index >= 15 is 4.79 Å². The Bertz CT molecular complexity index is 3580. The zero-order valence-corrected chi connectivity index (χ0v) is 61.2. The molecule has 1 aromatic heterocycles. The highest BCUT2D eigenvalue weighted by Crippen LogP contribution is 2.68. The van der Waals surface area contributed by atoms with E-state index in [4.69, 9.17) is 18.9 Å². The van der Waals surface area contributed by atoms with Crippen LogP contribution in [0.5, 0.6) is 5.75 Å². The number of Topliss-reactive ketones (excluding diaryl/α,β-unsaturated/α-hetero) is 3. The summed E-state index contributed by atoms with van der Waals surface area (Å²) in [5.41, 5.74) is -0.0171. The second-order valence-electron chi connectivity index (χ2n) is 29.6. The lowest BCUT2D eigenvalue weighted by Gasteiger charge is -2.63. The molecular formula is C74H105N7O19S2. The Morgan fingerprint density at radius 3 is 2.25 bits per heavy atom. The number of aliphatic carboxylic acids is 2. The molecule has 28 heteroatoms. The minimum Gasteiger partial charge on any atom is -0.496 e. The zero-order chi connectivity index (χ0) is 73.5. The van der Waals surface area contributed by atoms with E-state index < -0.39 is 131 Å². The van der Waals surface area contributed by atoms with Crippen molar-refractivity contribution in [2.24, 2.45) is 17.3 Å². The van der Waals surface area contributed by atoms with Crippen molar-refractivity contribution in [1.82, 2.24) is 30.7 Å². The largest absolute Gasteiger partial charge is 0.496 e. The smallest absolute Gasteiger partial charge is 0.407 e. The molecule has 10 rings (SSSR count). The van der Waals surface area contributed by atoms with Crippen LogP contribution in [-0.4, -0.2) is 236 Å². The lowest BCUT2D eigenvalue weighted by Crippen LogP contribution is -2.81. The summed E-state index contributed by atoms with van der Waals surface area (Å²) < 4.78 is 22.8. The third-order valence-electron chi connectivity index (χ3n) is 23.0. The van der Waals surface area contributed by atoms with E-state index in [1.54, 1.807) is 7.11 Å². The van der Waals surface area contributed by atoms with Crippen molar-refractivity contribution >= 4 is 85.4 Å². The number of alkyl carbamates (subject to hydrolysis) is 1. The number of amides is 3. The van der Waals surface area contributed by atoms with Gasteiger partial charge in [-0.25, -0.2) is 9.59 Å². The molecule has 1 saturated carbocycles. The molecule has 562 valence electrons. The van der Waals surface area contributed by atoms with Crippen LogP contribution in [-0.2, 0) is 65.0 Å². The number of aliphatic hydroxyl groups excluding tert-OH is 3. The summed E-state index contributed by atoms with van der Waals surface area (Å²) in [5.74, 6) is -5.77. The number of para-hydroxylation sites is 1. The summed E-state index contributed by atoms with van der Waals surface area (Å²) in [4.78, 5) is 115. The summed E-state index contributed by atoms with van der Waals surface area (Å²) in [6.07, 6.45) is 2.55. The van der Waals surface area contributed by atoms with E-state index in [1.807, 2.05) is 43.2 Å². The number of nitrogens with zero attached hydrogens (tertiary/aromatic N) is 3. The number of carbonyl (C=O) groups excluding carboxylic acids is 6. The summed E-state index contributed by atoms with van der Waals surface area (Å²) in [6.45, 7) is 10.6. The van der Waals surface area contributed by atoms with E-state index in [-0.39, 0.29) is 68.1 Å². The second-order valence-corrected chi connectivity index (χ2v) is 32.2. The van der Waals surface area contributed by atoms with Crippen LogP contribution in [0.4, 0.5) is 10.5 Å². The molecule has 16 atom stereocenters. The van der Waals surface area contributed by atoms with E-state index in [0.717, 1.165) is 83.0 Å². The quantitative estimate of drug-likeness (QED) is 0.0143. The molecule has 26 nitrogen and oxygen atoms in total. The number of aromatic nitrogens is 1. The lowest BCUT2D eigenvalue weighted by atomic mass is 9.47. The standard InChI is InChI=1S/C74H105N7O19S2/c1-7-71(95)39-45-38-70(4,62-48(25-29-80(41-45)43-71)47-21-15-16-22-51(47)76-62)50-35-49-52(36-55(50)97-6)79(5)67-73(49)27-30-81-28-19-26-72(8-2,66(73)81)68(93)74(67,96)56(85)40-75-69(94)99-32-33-101-102-42-46(64(89)90)34-54(84)63(78-58(87)24-17-14-20-44(3)82)77-57(86)23-13-11-9-10-12-18-31-98-59-37-53(83)60(88)61(100-59)65(91)92/h15-16,19,21-22,26,35-36,45-46,53,59-61,63,66-68,76,83,88,93,95-96H,7-14,17-18,20,23-25,27-34,37-43H2,1-6H3,(H,75,94)(H,77,86)(H,78,87)(H,89,90)(H,91,92)/t45-,46+,53+,59?,60?,61?,63+,66-,67+,68+,70+,71-,72+,73+,74-/m0/s1. The Balaban J connectivity index is 0.752. The molecule has 3 saturated heterocycles. The first-order chi connectivity index (χ1) is 48.7. The number of aliphatic hydroxyl groups is 5. The minimum absolute atomic E-state index is 0.0141. The van der Waals surface area contributed by atoms with Crippen LogP contribution in [0.25, 0.3) is 10.9 Å². The zero-order valence-electron chi connectivity index (χ0n) is 59.6. The summed E-state index contributed by atoms with van der Waals surface area (Å²) in [7, 11) is 5.81. The van der Waals surface area contributed by atoms with Gasteiger partial charge in [-0.2, -0.15) is 0 Å². The summed E-state index contributed by atoms with van der Waals surface area (Å²) >= 11 is 0. The van der Waals surface area contributed by atoms with Crippen molar-refractivity contribution in [3.63, 3.8) is 0 Å². The van der Waals surface area contributed by atoms with E-state index in [9.17, 15) is 69.3 Å². The minimum atomic E-state index is -2.45. The number of piperidine rings is 1. The Kier molecular flexibility index (Phi) is 25.8. The number of ketones is 3.